The van der Waals surface area contributed by atoms with Gasteiger partial charge in [0.25, 0.3) is 5.91 Å². The highest BCUT2D eigenvalue weighted by molar-refractivity contribution is 7.15. The summed E-state index contributed by atoms with van der Waals surface area (Å²) in [5, 5.41) is 4.52. The number of aromatic nitrogens is 2. The Kier molecular flexibility index (Phi) is 5.81. The lowest BCUT2D eigenvalue weighted by molar-refractivity contribution is -0.129. The normalized spacial score (nSPS) is 10.9. The van der Waals surface area contributed by atoms with E-state index in [0.717, 1.165) is 27.5 Å². The molecule has 6 nitrogen and oxygen atoms in total. The van der Waals surface area contributed by atoms with Crippen molar-refractivity contribution < 1.29 is 14.0 Å². The SMILES string of the molecule is CNC(=O)c1ccc(CN(C)C(=O)Cc2csc3nc(-c4ccc(F)cc4)cn23)cc1. The van der Waals surface area contributed by atoms with Gasteiger partial charge in [-0.1, -0.05) is 12.1 Å². The molecule has 2 amide bonds. The number of thiazole rings is 1. The summed E-state index contributed by atoms with van der Waals surface area (Å²) in [7, 11) is 3.35. The maximum absolute atomic E-state index is 13.2. The summed E-state index contributed by atoms with van der Waals surface area (Å²) in [4.78, 5) is 31.5. The lowest BCUT2D eigenvalue weighted by Crippen LogP contribution is -2.28. The van der Waals surface area contributed by atoms with E-state index in [2.05, 4.69) is 10.3 Å². The minimum atomic E-state index is -0.289. The molecular formula is C23H21FN4O2S. The van der Waals surface area contributed by atoms with E-state index in [1.54, 1.807) is 43.3 Å². The molecule has 0 bridgehead atoms. The average molecular weight is 437 g/mol. The van der Waals surface area contributed by atoms with Crippen molar-refractivity contribution >= 4 is 28.1 Å². The molecule has 0 radical (unpaired) electrons. The van der Waals surface area contributed by atoms with Crippen LogP contribution in [0.3, 0.4) is 0 Å². The highest BCUT2D eigenvalue weighted by atomic mass is 32.1. The van der Waals surface area contributed by atoms with Gasteiger partial charge in [0.15, 0.2) is 4.96 Å². The number of nitrogens with zero attached hydrogens (tertiary/aromatic N) is 3. The van der Waals surface area contributed by atoms with E-state index < -0.39 is 0 Å². The van der Waals surface area contributed by atoms with E-state index in [4.69, 9.17) is 0 Å². The summed E-state index contributed by atoms with van der Waals surface area (Å²) in [5.74, 6) is -0.452. The fourth-order valence-electron chi connectivity index (χ4n) is 3.27. The molecule has 31 heavy (non-hydrogen) atoms. The number of amides is 2. The van der Waals surface area contributed by atoms with Crippen molar-refractivity contribution in [2.45, 2.75) is 13.0 Å². The van der Waals surface area contributed by atoms with Gasteiger partial charge >= 0.3 is 0 Å². The minimum Gasteiger partial charge on any atom is -0.355 e. The number of imidazole rings is 1. The van der Waals surface area contributed by atoms with Crippen LogP contribution < -0.4 is 5.32 Å². The predicted molar refractivity (Wildman–Crippen MR) is 118 cm³/mol. The van der Waals surface area contributed by atoms with Crippen molar-refractivity contribution in [1.82, 2.24) is 19.6 Å². The molecule has 1 N–H and O–H groups in total. The number of rotatable bonds is 6. The predicted octanol–water partition coefficient (Wildman–Crippen LogP) is 3.76. The van der Waals surface area contributed by atoms with Crippen LogP contribution in [0.1, 0.15) is 21.6 Å². The lowest BCUT2D eigenvalue weighted by Gasteiger charge is -2.17. The van der Waals surface area contributed by atoms with E-state index in [0.29, 0.717) is 12.1 Å². The van der Waals surface area contributed by atoms with Crippen LogP contribution in [-0.2, 0) is 17.8 Å². The zero-order valence-corrected chi connectivity index (χ0v) is 17.9. The van der Waals surface area contributed by atoms with E-state index >= 15 is 0 Å². The van der Waals surface area contributed by atoms with Crippen LogP contribution in [0, 0.1) is 5.82 Å². The van der Waals surface area contributed by atoms with Gasteiger partial charge in [-0.2, -0.15) is 0 Å². The molecular weight excluding hydrogens is 415 g/mol. The zero-order valence-electron chi connectivity index (χ0n) is 17.1. The minimum absolute atomic E-state index is 0.0212. The summed E-state index contributed by atoms with van der Waals surface area (Å²) < 4.78 is 15.1. The molecule has 0 aliphatic rings. The van der Waals surface area contributed by atoms with Crippen LogP contribution >= 0.6 is 11.3 Å². The average Bonchev–Trinajstić information content (AvgIpc) is 3.36. The van der Waals surface area contributed by atoms with Crippen molar-refractivity contribution in [3.05, 3.63) is 82.7 Å². The maximum atomic E-state index is 13.2. The fraction of sp³-hybridized carbons (Fsp3) is 0.174. The Morgan fingerprint density at radius 1 is 1.13 bits per heavy atom. The number of benzene rings is 2. The quantitative estimate of drug-likeness (QED) is 0.501. The number of carbonyl (C=O) groups is 2. The van der Waals surface area contributed by atoms with Gasteiger partial charge in [-0.25, -0.2) is 9.37 Å². The molecule has 4 aromatic rings. The highest BCUT2D eigenvalue weighted by Crippen LogP contribution is 2.24. The first-order chi connectivity index (χ1) is 14.9. The smallest absolute Gasteiger partial charge is 0.251 e. The van der Waals surface area contributed by atoms with Crippen molar-refractivity contribution in [3.63, 3.8) is 0 Å². The second-order valence-corrected chi connectivity index (χ2v) is 8.05. The second-order valence-electron chi connectivity index (χ2n) is 7.22. The first-order valence-electron chi connectivity index (χ1n) is 9.71. The molecule has 0 saturated carbocycles. The topological polar surface area (TPSA) is 66.7 Å². The third-order valence-electron chi connectivity index (χ3n) is 5.04. The number of hydrogen-bond donors (Lipinski definition) is 1. The summed E-state index contributed by atoms with van der Waals surface area (Å²) >= 11 is 1.47. The third-order valence-corrected chi connectivity index (χ3v) is 5.93. The van der Waals surface area contributed by atoms with E-state index in [9.17, 15) is 14.0 Å². The number of hydrogen-bond acceptors (Lipinski definition) is 4. The van der Waals surface area contributed by atoms with Crippen LogP contribution in [0.4, 0.5) is 4.39 Å². The molecule has 0 spiro atoms. The van der Waals surface area contributed by atoms with Gasteiger partial charge in [0, 0.05) is 49.0 Å². The Morgan fingerprint density at radius 2 is 1.84 bits per heavy atom. The Balaban J connectivity index is 1.45. The van der Waals surface area contributed by atoms with Crippen molar-refractivity contribution in [2.24, 2.45) is 0 Å². The van der Waals surface area contributed by atoms with E-state index in [1.807, 2.05) is 28.1 Å². The van der Waals surface area contributed by atoms with E-state index in [1.165, 1.54) is 23.5 Å². The molecule has 0 aliphatic heterocycles. The molecule has 4 rings (SSSR count). The zero-order chi connectivity index (χ0) is 22.0. The molecule has 0 unspecified atom stereocenters. The number of halogens is 1. The first kappa shape index (κ1) is 20.7. The van der Waals surface area contributed by atoms with Gasteiger partial charge in [-0.3, -0.25) is 14.0 Å². The summed E-state index contributed by atoms with van der Waals surface area (Å²) in [6, 6.07) is 13.4. The standard InChI is InChI=1S/C23H21FN4O2S/c1-25-22(30)17-5-3-15(4-6-17)12-27(2)21(29)11-19-14-31-23-26-20(13-28(19)23)16-7-9-18(24)10-8-16/h3-10,13-14H,11-12H2,1-2H3,(H,25,30). The molecule has 0 fully saturated rings. The molecule has 2 aromatic heterocycles. The van der Waals surface area contributed by atoms with Gasteiger partial charge < -0.3 is 10.2 Å². The number of likely N-dealkylation sites (N-methyl/N-ethyl adjacent to an activating group) is 1. The fourth-order valence-corrected chi connectivity index (χ4v) is 4.15. The van der Waals surface area contributed by atoms with Gasteiger partial charge in [0.2, 0.25) is 5.91 Å². The molecule has 2 aromatic carbocycles. The van der Waals surface area contributed by atoms with E-state index in [-0.39, 0.29) is 24.1 Å². The maximum Gasteiger partial charge on any atom is 0.251 e. The molecule has 0 atom stereocenters. The molecule has 8 heteroatoms. The number of fused-ring (bicyclic) bond motifs is 1. The summed E-state index contributed by atoms with van der Waals surface area (Å²) in [6.45, 7) is 0.449. The van der Waals surface area contributed by atoms with Crippen LogP contribution in [0.2, 0.25) is 0 Å². The van der Waals surface area contributed by atoms with Crippen molar-refractivity contribution in [2.75, 3.05) is 14.1 Å². The Hall–Kier alpha value is -3.52. The molecule has 0 saturated heterocycles. The third kappa shape index (κ3) is 4.49. The molecule has 0 aliphatic carbocycles. The largest absolute Gasteiger partial charge is 0.355 e. The number of carbonyl (C=O) groups excluding carboxylic acids is 2. The van der Waals surface area contributed by atoms with Gasteiger partial charge in [-0.05, 0) is 42.0 Å². The summed E-state index contributed by atoms with van der Waals surface area (Å²) in [5.41, 5.74) is 3.95. The van der Waals surface area contributed by atoms with Crippen molar-refractivity contribution in [3.8, 4) is 11.3 Å². The summed E-state index contributed by atoms with van der Waals surface area (Å²) in [6.07, 6.45) is 2.12. The first-order valence-corrected chi connectivity index (χ1v) is 10.6. The second kappa shape index (κ2) is 8.69. The Morgan fingerprint density at radius 3 is 2.52 bits per heavy atom. The van der Waals surface area contributed by atoms with Crippen LogP contribution in [0.15, 0.2) is 60.1 Å². The molecule has 2 heterocycles. The van der Waals surface area contributed by atoms with Gasteiger partial charge in [-0.15, -0.1) is 11.3 Å². The van der Waals surface area contributed by atoms with Gasteiger partial charge in [0.1, 0.15) is 5.82 Å². The van der Waals surface area contributed by atoms with Crippen LogP contribution in [0.5, 0.6) is 0 Å². The monoisotopic (exact) mass is 436 g/mol. The highest BCUT2D eigenvalue weighted by Gasteiger charge is 2.16. The van der Waals surface area contributed by atoms with Crippen LogP contribution in [-0.4, -0.2) is 40.2 Å². The van der Waals surface area contributed by atoms with Crippen molar-refractivity contribution in [1.29, 1.82) is 0 Å². The lowest BCUT2D eigenvalue weighted by atomic mass is 10.1. The number of nitrogens with one attached hydrogen (secondary N) is 1. The Bertz CT molecular complexity index is 1230. The van der Waals surface area contributed by atoms with Gasteiger partial charge in [0.05, 0.1) is 12.1 Å². The van der Waals surface area contributed by atoms with Crippen LogP contribution in [0.25, 0.3) is 16.2 Å². The Labute approximate surface area is 183 Å². The molecule has 158 valence electrons.